The van der Waals surface area contributed by atoms with Crippen LogP contribution in [0, 0.1) is 17.8 Å². The minimum Gasteiger partial charge on any atom is -0.507 e. The van der Waals surface area contributed by atoms with Crippen LogP contribution in [-0.2, 0) is 31.0 Å². The fourth-order valence-electron chi connectivity index (χ4n) is 9.94. The molecule has 0 spiro atoms. The number of carbonyl (C=O) groups excluding carboxylic acids is 2. The summed E-state index contributed by atoms with van der Waals surface area (Å²) >= 11 is 3.47. The smallest absolute Gasteiger partial charge is 0.455 e. The van der Waals surface area contributed by atoms with Crippen LogP contribution in [0.5, 0.6) is 5.75 Å². The van der Waals surface area contributed by atoms with Crippen LogP contribution in [0.3, 0.4) is 0 Å². The first-order chi connectivity index (χ1) is 30.1. The second-order valence-corrected chi connectivity index (χ2v) is 23.1. The second kappa shape index (κ2) is 18.4. The van der Waals surface area contributed by atoms with Gasteiger partial charge in [-0.2, -0.15) is 26.3 Å². The number of carbonyl (C=O) groups is 2. The lowest BCUT2D eigenvalue weighted by atomic mass is 9.58. The Morgan fingerprint density at radius 2 is 1.45 bits per heavy atom. The maximum absolute atomic E-state index is 14.6. The molecule has 4 aromatic rings. The number of aromatic hydroxyl groups is 1. The maximum Gasteiger partial charge on any atom is 0.455 e. The quantitative estimate of drug-likeness (QED) is 0.0636. The van der Waals surface area contributed by atoms with Gasteiger partial charge in [-0.05, 0) is 101 Å². The molecule has 7 rings (SSSR count). The molecule has 3 aliphatic rings. The van der Waals surface area contributed by atoms with Gasteiger partial charge in [-0.1, -0.05) is 122 Å². The van der Waals surface area contributed by atoms with Crippen LogP contribution >= 0.6 is 15.9 Å². The van der Waals surface area contributed by atoms with Gasteiger partial charge in [-0.25, -0.2) is 4.90 Å². The number of allylic oxidation sites excluding steroid dienone is 1. The highest BCUT2D eigenvalue weighted by molar-refractivity contribution is 9.10. The summed E-state index contributed by atoms with van der Waals surface area (Å²) in [7, 11) is -4.65. The number of rotatable bonds is 12. The molecule has 2 aliphatic heterocycles. The maximum atomic E-state index is 14.6. The zero-order valence-corrected chi connectivity index (χ0v) is 38.4. The number of hydrogen-bond donors (Lipinski definition) is 2. The van der Waals surface area contributed by atoms with E-state index in [9.17, 15) is 46.1 Å². The summed E-state index contributed by atoms with van der Waals surface area (Å²) in [6.45, 7) is 8.29. The van der Waals surface area contributed by atoms with Gasteiger partial charge in [-0.3, -0.25) is 9.59 Å². The Morgan fingerprint density at radius 3 is 2.00 bits per heavy atom. The number of benzene rings is 4. The summed E-state index contributed by atoms with van der Waals surface area (Å²) in [5, 5.41) is 23.5. The lowest BCUT2D eigenvalue weighted by Crippen LogP contribution is -2.66. The molecule has 338 valence electrons. The average molecular weight is 969 g/mol. The molecule has 1 aliphatic carbocycles. The molecule has 16 heteroatoms. The van der Waals surface area contributed by atoms with Gasteiger partial charge < -0.3 is 19.2 Å². The Bertz CT molecular complexity index is 2370. The first-order valence-electron chi connectivity index (χ1n) is 21.3. The lowest BCUT2D eigenvalue weighted by molar-refractivity contribution is -0.143. The Morgan fingerprint density at radius 1 is 0.859 bits per heavy atom. The zero-order chi connectivity index (χ0) is 46.4. The van der Waals surface area contributed by atoms with E-state index in [2.05, 4.69) is 36.7 Å². The first kappa shape index (κ1) is 47.5. The summed E-state index contributed by atoms with van der Waals surface area (Å²) in [5.41, 5.74) is -1.30. The van der Waals surface area contributed by atoms with E-state index in [1.165, 1.54) is 0 Å². The predicted molar refractivity (Wildman–Crippen MR) is 240 cm³/mol. The lowest BCUT2D eigenvalue weighted by Gasteiger charge is -2.46. The van der Waals surface area contributed by atoms with E-state index in [0.717, 1.165) is 26.8 Å². The van der Waals surface area contributed by atoms with Crippen LogP contribution in [0.1, 0.15) is 76.5 Å². The van der Waals surface area contributed by atoms with E-state index in [4.69, 9.17) is 9.08 Å². The third-order valence-electron chi connectivity index (χ3n) is 12.7. The van der Waals surface area contributed by atoms with Crippen molar-refractivity contribution in [1.82, 2.24) is 0 Å². The number of fused-ring (bicyclic) bond motifs is 3. The van der Waals surface area contributed by atoms with Gasteiger partial charge in [-0.15, -0.1) is 0 Å². The highest BCUT2D eigenvalue weighted by atomic mass is 79.9. The molecule has 2 saturated heterocycles. The monoisotopic (exact) mass is 967 g/mol. The number of halogens is 7. The largest absolute Gasteiger partial charge is 0.507 e. The summed E-state index contributed by atoms with van der Waals surface area (Å²) in [6.07, 6.45) is -7.39. The molecule has 0 bridgehead atoms. The van der Waals surface area contributed by atoms with E-state index in [0.29, 0.717) is 53.0 Å². The third-order valence-corrected chi connectivity index (χ3v) is 18.1. The second-order valence-electron chi connectivity index (χ2n) is 17.8. The molecule has 2 heterocycles. The fourth-order valence-corrected chi connectivity index (χ4v) is 14.9. The molecule has 0 unspecified atom stereocenters. The fraction of sp³-hybridized carbons (Fsp3) is 0.375. The number of nitrogens with zero attached hydrogens (tertiary/aromatic N) is 1. The highest BCUT2D eigenvalue weighted by Gasteiger charge is 2.59. The molecule has 7 nitrogen and oxygen atoms in total. The van der Waals surface area contributed by atoms with Crippen LogP contribution in [0.15, 0.2) is 118 Å². The summed E-state index contributed by atoms with van der Waals surface area (Å²) < 4.78 is 99.0. The molecule has 4 atom stereocenters. The van der Waals surface area contributed by atoms with Crippen molar-refractivity contribution in [2.45, 2.75) is 89.6 Å². The van der Waals surface area contributed by atoms with Gasteiger partial charge in [0.05, 0.1) is 41.4 Å². The van der Waals surface area contributed by atoms with E-state index >= 15 is 0 Å². The van der Waals surface area contributed by atoms with Gasteiger partial charge >= 0.3 is 19.5 Å². The predicted octanol–water partition coefficient (Wildman–Crippen LogP) is 10.7. The van der Waals surface area contributed by atoms with E-state index in [-0.39, 0.29) is 31.2 Å². The van der Waals surface area contributed by atoms with Gasteiger partial charge in [0.25, 0.3) is 8.32 Å². The number of imide groups is 1. The van der Waals surface area contributed by atoms with Crippen molar-refractivity contribution < 1.29 is 55.1 Å². The Balaban J connectivity index is 1.35. The van der Waals surface area contributed by atoms with Gasteiger partial charge in [0.1, 0.15) is 5.75 Å². The molecule has 2 fully saturated rings. The molecular formula is C48H49BBrF6NO6Si. The van der Waals surface area contributed by atoms with E-state index in [1.54, 1.807) is 18.2 Å². The van der Waals surface area contributed by atoms with Crippen LogP contribution < -0.4 is 15.3 Å². The first-order valence-corrected chi connectivity index (χ1v) is 24.0. The summed E-state index contributed by atoms with van der Waals surface area (Å²) in [4.78, 5) is 29.6. The van der Waals surface area contributed by atoms with Crippen molar-refractivity contribution in [2.24, 2.45) is 17.8 Å². The molecule has 64 heavy (non-hydrogen) atoms. The van der Waals surface area contributed by atoms with E-state index < -0.39 is 85.3 Å². The van der Waals surface area contributed by atoms with Crippen molar-refractivity contribution in [3.63, 3.8) is 0 Å². The third kappa shape index (κ3) is 9.44. The standard InChI is InChI=1S/C48H49BBrF6NO6Si/c1-5-12-29(21-30-22-34(50)18-19-40(30)58)17-20-41-42-31(28-62-64(46(2,3)4,36-13-8-6-9-14-36)37-15-10-7-11-16-37)23-38-43(39(42)27-49(61)63-41)45(60)57(44(38)59)35-25-32(47(51,52)53)24-33(26-35)48(54,55)56/h6-11,13-16,18-19,21-22,24-26,38-39,41,43,58,61H,5,12,17,20,23,27-28H2,1-4H3/b29-21+/t38-,39+,41-,43-/m1/s1. The Kier molecular flexibility index (Phi) is 13.7. The number of hydrogen-bond acceptors (Lipinski definition) is 6. The topological polar surface area (TPSA) is 96.3 Å². The number of alkyl halides is 6. The normalized spacial score (nSPS) is 21.1. The molecule has 2 amide bonds. The average Bonchev–Trinajstić information content (AvgIpc) is 3.49. The van der Waals surface area contributed by atoms with Crippen LogP contribution in [0.25, 0.3) is 6.08 Å². The molecule has 2 N–H and O–H groups in total. The zero-order valence-electron chi connectivity index (χ0n) is 35.8. The minimum atomic E-state index is -5.21. The molecule has 0 radical (unpaired) electrons. The van der Waals surface area contributed by atoms with Gasteiger partial charge in [0.15, 0.2) is 0 Å². The van der Waals surface area contributed by atoms with Crippen molar-refractivity contribution in [3.05, 3.63) is 135 Å². The van der Waals surface area contributed by atoms with Gasteiger partial charge in [0.2, 0.25) is 11.8 Å². The number of phenolic OH excluding ortho intramolecular Hbond substituents is 1. The summed E-state index contributed by atoms with van der Waals surface area (Å²) in [6, 6.07) is 25.5. The van der Waals surface area contributed by atoms with Gasteiger partial charge in [0, 0.05) is 10.0 Å². The Labute approximate surface area is 378 Å². The number of anilines is 1. The summed E-state index contributed by atoms with van der Waals surface area (Å²) in [5.74, 6) is -5.04. The number of amides is 2. The van der Waals surface area contributed by atoms with Crippen LogP contribution in [0.2, 0.25) is 11.4 Å². The minimum absolute atomic E-state index is 0.0366. The highest BCUT2D eigenvalue weighted by Crippen LogP contribution is 2.53. The van der Waals surface area contributed by atoms with Crippen molar-refractivity contribution in [2.75, 3.05) is 11.5 Å². The van der Waals surface area contributed by atoms with Crippen molar-refractivity contribution >= 4 is 65.3 Å². The molecule has 0 aromatic heterocycles. The molecular weight excluding hydrogens is 919 g/mol. The van der Waals surface area contributed by atoms with Crippen LogP contribution in [0.4, 0.5) is 32.0 Å². The molecule has 4 aromatic carbocycles. The van der Waals surface area contributed by atoms with Crippen LogP contribution in [-0.4, -0.2) is 50.1 Å². The number of phenols is 1. The molecule has 0 saturated carbocycles. The SMILES string of the molecule is CCC/C(=C\c1cc(Br)ccc1O)CC[C@H]1OB(O)C[C@H]2C1=C(CO[Si](c1ccccc1)(c1ccccc1)C(C)(C)C)C[C@H]1C(=O)N(c3cc(C(F)(F)F)cc(C(F)(F)F)c3)C(=O)[C@H]12. The Hall–Kier alpha value is -4.48. The van der Waals surface area contributed by atoms with E-state index in [1.807, 2.05) is 73.7 Å². The van der Waals surface area contributed by atoms with Crippen molar-refractivity contribution in [3.8, 4) is 5.75 Å². The van der Waals surface area contributed by atoms with Crippen molar-refractivity contribution in [1.29, 1.82) is 0 Å².